The second-order valence-electron chi connectivity index (χ2n) is 3.88. The molecule has 0 saturated carbocycles. The standard InChI is InChI=1S/C11H20O/c1-4-11(12-10(2)3)8-6-5-7-9-11/h6,8,10H,4-5,7,9H2,1-3H3. The SMILES string of the molecule is CCC1(OC(C)C)C=CCCC1. The van der Waals surface area contributed by atoms with Crippen LogP contribution < -0.4 is 0 Å². The molecule has 1 atom stereocenters. The molecule has 12 heavy (non-hydrogen) atoms. The molecule has 0 N–H and O–H groups in total. The van der Waals surface area contributed by atoms with Crippen LogP contribution in [0.25, 0.3) is 0 Å². The fourth-order valence-electron chi connectivity index (χ4n) is 1.85. The highest BCUT2D eigenvalue weighted by Gasteiger charge is 2.28. The highest BCUT2D eigenvalue weighted by atomic mass is 16.5. The number of allylic oxidation sites excluding steroid dienone is 1. The quantitative estimate of drug-likeness (QED) is 0.587. The van der Waals surface area contributed by atoms with Gasteiger partial charge >= 0.3 is 0 Å². The predicted octanol–water partition coefficient (Wildman–Crippen LogP) is 3.30. The summed E-state index contributed by atoms with van der Waals surface area (Å²) in [6.07, 6.45) is 9.65. The minimum absolute atomic E-state index is 0.0619. The van der Waals surface area contributed by atoms with Crippen LogP contribution in [-0.2, 0) is 4.74 Å². The Labute approximate surface area is 75.8 Å². The number of ether oxygens (including phenoxy) is 1. The molecule has 1 rings (SSSR count). The first-order valence-corrected chi connectivity index (χ1v) is 5.04. The van der Waals surface area contributed by atoms with Crippen LogP contribution in [0.2, 0.25) is 0 Å². The van der Waals surface area contributed by atoms with Crippen LogP contribution in [0.4, 0.5) is 0 Å². The Morgan fingerprint density at radius 1 is 1.50 bits per heavy atom. The van der Waals surface area contributed by atoms with Crippen molar-refractivity contribution in [2.45, 2.75) is 58.2 Å². The first-order chi connectivity index (χ1) is 5.68. The maximum absolute atomic E-state index is 5.94. The molecule has 0 aromatic heterocycles. The zero-order chi connectivity index (χ0) is 9.03. The van der Waals surface area contributed by atoms with Gasteiger partial charge in [0.25, 0.3) is 0 Å². The molecule has 0 aromatic rings. The van der Waals surface area contributed by atoms with Crippen LogP contribution in [0.3, 0.4) is 0 Å². The Balaban J connectivity index is 2.60. The van der Waals surface area contributed by atoms with E-state index in [4.69, 9.17) is 4.74 Å². The van der Waals surface area contributed by atoms with Crippen molar-refractivity contribution in [3.05, 3.63) is 12.2 Å². The van der Waals surface area contributed by atoms with E-state index in [0.29, 0.717) is 6.10 Å². The summed E-state index contributed by atoms with van der Waals surface area (Å²) in [5.41, 5.74) is 0.0619. The van der Waals surface area contributed by atoms with Gasteiger partial charge in [-0.2, -0.15) is 0 Å². The van der Waals surface area contributed by atoms with Crippen molar-refractivity contribution in [2.24, 2.45) is 0 Å². The van der Waals surface area contributed by atoms with E-state index in [-0.39, 0.29) is 5.60 Å². The summed E-state index contributed by atoms with van der Waals surface area (Å²) in [6.45, 7) is 6.43. The van der Waals surface area contributed by atoms with Crippen LogP contribution in [0.5, 0.6) is 0 Å². The van der Waals surface area contributed by atoms with Crippen LogP contribution in [0, 0.1) is 0 Å². The van der Waals surface area contributed by atoms with Gasteiger partial charge in [0.2, 0.25) is 0 Å². The summed E-state index contributed by atoms with van der Waals surface area (Å²) in [5.74, 6) is 0. The van der Waals surface area contributed by atoms with Crippen LogP contribution in [0.15, 0.2) is 12.2 Å². The van der Waals surface area contributed by atoms with E-state index >= 15 is 0 Å². The number of hydrogen-bond donors (Lipinski definition) is 0. The van der Waals surface area contributed by atoms with Crippen molar-refractivity contribution in [3.8, 4) is 0 Å². The molecule has 0 heterocycles. The van der Waals surface area contributed by atoms with Crippen molar-refractivity contribution in [1.82, 2.24) is 0 Å². The van der Waals surface area contributed by atoms with E-state index in [1.165, 1.54) is 19.3 Å². The molecule has 1 unspecified atom stereocenters. The molecular formula is C11H20O. The fourth-order valence-corrected chi connectivity index (χ4v) is 1.85. The molecule has 0 radical (unpaired) electrons. The average Bonchev–Trinajstić information content (AvgIpc) is 2.05. The van der Waals surface area contributed by atoms with Crippen molar-refractivity contribution < 1.29 is 4.74 Å². The molecule has 0 amide bonds. The molecule has 0 fully saturated rings. The Morgan fingerprint density at radius 3 is 2.67 bits per heavy atom. The zero-order valence-corrected chi connectivity index (χ0v) is 8.47. The van der Waals surface area contributed by atoms with Gasteiger partial charge in [-0.15, -0.1) is 0 Å². The maximum atomic E-state index is 5.94. The lowest BCUT2D eigenvalue weighted by molar-refractivity contribution is -0.0579. The monoisotopic (exact) mass is 168 g/mol. The van der Waals surface area contributed by atoms with Gasteiger partial charge in [-0.3, -0.25) is 0 Å². The highest BCUT2D eigenvalue weighted by molar-refractivity contribution is 5.05. The van der Waals surface area contributed by atoms with Crippen molar-refractivity contribution in [3.63, 3.8) is 0 Å². The maximum Gasteiger partial charge on any atom is 0.0863 e. The summed E-state index contributed by atoms with van der Waals surface area (Å²) < 4.78 is 5.94. The molecule has 0 saturated heterocycles. The third-order valence-electron chi connectivity index (χ3n) is 2.46. The molecule has 1 heteroatoms. The van der Waals surface area contributed by atoms with Crippen molar-refractivity contribution in [2.75, 3.05) is 0 Å². The van der Waals surface area contributed by atoms with Crippen molar-refractivity contribution in [1.29, 1.82) is 0 Å². The number of rotatable bonds is 3. The lowest BCUT2D eigenvalue weighted by Crippen LogP contribution is -2.33. The van der Waals surface area contributed by atoms with Gasteiger partial charge in [-0.05, 0) is 39.5 Å². The summed E-state index contributed by atoms with van der Waals surface area (Å²) in [6, 6.07) is 0. The lowest BCUT2D eigenvalue weighted by Gasteiger charge is -2.34. The second-order valence-corrected chi connectivity index (χ2v) is 3.88. The summed E-state index contributed by atoms with van der Waals surface area (Å²) in [4.78, 5) is 0. The van der Waals surface area contributed by atoms with Gasteiger partial charge in [-0.1, -0.05) is 19.1 Å². The topological polar surface area (TPSA) is 9.23 Å². The van der Waals surface area contributed by atoms with Gasteiger partial charge in [0.05, 0.1) is 11.7 Å². The average molecular weight is 168 g/mol. The Morgan fingerprint density at radius 2 is 2.25 bits per heavy atom. The normalized spacial score (nSPS) is 29.7. The van der Waals surface area contributed by atoms with E-state index in [0.717, 1.165) is 6.42 Å². The van der Waals surface area contributed by atoms with E-state index in [1.807, 2.05) is 0 Å². The van der Waals surface area contributed by atoms with Gasteiger partial charge in [-0.25, -0.2) is 0 Å². The van der Waals surface area contributed by atoms with E-state index in [2.05, 4.69) is 32.9 Å². The summed E-state index contributed by atoms with van der Waals surface area (Å²) in [7, 11) is 0. The molecule has 70 valence electrons. The van der Waals surface area contributed by atoms with Crippen molar-refractivity contribution >= 4 is 0 Å². The zero-order valence-electron chi connectivity index (χ0n) is 8.47. The Hall–Kier alpha value is -0.300. The van der Waals surface area contributed by atoms with Gasteiger partial charge in [0.1, 0.15) is 0 Å². The van der Waals surface area contributed by atoms with E-state index in [1.54, 1.807) is 0 Å². The van der Waals surface area contributed by atoms with Gasteiger partial charge < -0.3 is 4.74 Å². The lowest BCUT2D eigenvalue weighted by atomic mass is 9.88. The minimum atomic E-state index is 0.0619. The Kier molecular flexibility index (Phi) is 3.33. The molecule has 1 aliphatic carbocycles. The molecular weight excluding hydrogens is 148 g/mol. The molecule has 0 aromatic carbocycles. The summed E-state index contributed by atoms with van der Waals surface area (Å²) >= 11 is 0. The first kappa shape index (κ1) is 9.79. The fraction of sp³-hybridized carbons (Fsp3) is 0.818. The largest absolute Gasteiger partial charge is 0.368 e. The first-order valence-electron chi connectivity index (χ1n) is 5.04. The number of hydrogen-bond acceptors (Lipinski definition) is 1. The summed E-state index contributed by atoms with van der Waals surface area (Å²) in [5, 5.41) is 0. The molecule has 1 aliphatic rings. The van der Waals surface area contributed by atoms with E-state index < -0.39 is 0 Å². The third-order valence-corrected chi connectivity index (χ3v) is 2.46. The molecule has 1 nitrogen and oxygen atoms in total. The molecule has 0 spiro atoms. The third kappa shape index (κ3) is 2.34. The smallest absolute Gasteiger partial charge is 0.0863 e. The minimum Gasteiger partial charge on any atom is -0.368 e. The molecule has 0 aliphatic heterocycles. The van der Waals surface area contributed by atoms with Crippen LogP contribution in [-0.4, -0.2) is 11.7 Å². The molecule has 0 bridgehead atoms. The highest BCUT2D eigenvalue weighted by Crippen LogP contribution is 2.30. The van der Waals surface area contributed by atoms with Gasteiger partial charge in [0.15, 0.2) is 0 Å². The second kappa shape index (κ2) is 4.08. The predicted molar refractivity (Wildman–Crippen MR) is 52.2 cm³/mol. The van der Waals surface area contributed by atoms with Crippen LogP contribution >= 0.6 is 0 Å². The van der Waals surface area contributed by atoms with E-state index in [9.17, 15) is 0 Å². The Bertz CT molecular complexity index is 160. The van der Waals surface area contributed by atoms with Crippen LogP contribution in [0.1, 0.15) is 46.5 Å². The van der Waals surface area contributed by atoms with Gasteiger partial charge in [0, 0.05) is 0 Å².